The topological polar surface area (TPSA) is 70.8 Å². The van der Waals surface area contributed by atoms with E-state index in [1.807, 2.05) is 0 Å². The van der Waals surface area contributed by atoms with E-state index < -0.39 is 5.97 Å². The maximum absolute atomic E-state index is 13.9. The van der Waals surface area contributed by atoms with Gasteiger partial charge in [-0.1, -0.05) is 29.4 Å². The number of benzene rings is 3. The van der Waals surface area contributed by atoms with Gasteiger partial charge in [-0.15, -0.1) is 0 Å². The van der Waals surface area contributed by atoms with Crippen molar-refractivity contribution in [3.05, 3.63) is 83.3 Å². The molecular weight excluding hydrogens is 389 g/mol. The molecule has 0 spiro atoms. The van der Waals surface area contributed by atoms with E-state index in [0.717, 1.165) is 0 Å². The van der Waals surface area contributed by atoms with Crippen LogP contribution in [-0.4, -0.2) is 25.3 Å². The number of nitrogens with zero attached hydrogens (tertiary/aromatic N) is 1. The molecule has 0 atom stereocenters. The molecule has 0 saturated heterocycles. The zero-order valence-electron chi connectivity index (χ0n) is 16.3. The van der Waals surface area contributed by atoms with Crippen molar-refractivity contribution >= 4 is 16.9 Å². The maximum Gasteiger partial charge on any atom is 0.351 e. The number of fused-ring (bicyclic) bond motifs is 1. The van der Waals surface area contributed by atoms with E-state index in [4.69, 9.17) is 18.7 Å². The Balaban J connectivity index is 1.60. The van der Waals surface area contributed by atoms with Crippen LogP contribution in [0.5, 0.6) is 17.2 Å². The fourth-order valence-electron chi connectivity index (χ4n) is 3.19. The summed E-state index contributed by atoms with van der Waals surface area (Å²) in [6.07, 6.45) is 0.289. The average molecular weight is 407 g/mol. The van der Waals surface area contributed by atoms with Gasteiger partial charge in [0.05, 0.1) is 19.9 Å². The number of carbonyl (C=O) groups excluding carboxylic acids is 1. The summed E-state index contributed by atoms with van der Waals surface area (Å²) in [5.74, 6) is 0.0216. The van der Waals surface area contributed by atoms with Gasteiger partial charge >= 0.3 is 5.97 Å². The third-order valence-electron chi connectivity index (χ3n) is 4.68. The van der Waals surface area contributed by atoms with Crippen molar-refractivity contribution in [2.24, 2.45) is 0 Å². The minimum Gasteiger partial charge on any atom is -0.496 e. The van der Waals surface area contributed by atoms with Gasteiger partial charge in [0.25, 0.3) is 0 Å². The Morgan fingerprint density at radius 3 is 2.43 bits per heavy atom. The highest BCUT2D eigenvalue weighted by Crippen LogP contribution is 2.31. The van der Waals surface area contributed by atoms with E-state index in [1.165, 1.54) is 20.3 Å². The fourth-order valence-corrected chi connectivity index (χ4v) is 3.19. The highest BCUT2D eigenvalue weighted by molar-refractivity contribution is 5.97. The number of methoxy groups -OCH3 is 2. The number of halogens is 1. The Kier molecular flexibility index (Phi) is 5.34. The second-order valence-electron chi connectivity index (χ2n) is 6.48. The molecule has 7 heteroatoms. The summed E-state index contributed by atoms with van der Waals surface area (Å²) < 4.78 is 35.3. The van der Waals surface area contributed by atoms with Crippen molar-refractivity contribution in [3.63, 3.8) is 0 Å². The highest BCUT2D eigenvalue weighted by atomic mass is 19.1. The van der Waals surface area contributed by atoms with Crippen molar-refractivity contribution in [1.29, 1.82) is 0 Å². The highest BCUT2D eigenvalue weighted by Gasteiger charge is 2.21. The van der Waals surface area contributed by atoms with Crippen LogP contribution in [0.4, 0.5) is 4.39 Å². The molecule has 152 valence electrons. The molecule has 0 aliphatic rings. The molecule has 0 aliphatic heterocycles. The summed E-state index contributed by atoms with van der Waals surface area (Å²) in [6.45, 7) is 0. The van der Waals surface area contributed by atoms with E-state index in [9.17, 15) is 9.18 Å². The first-order valence-corrected chi connectivity index (χ1v) is 9.15. The van der Waals surface area contributed by atoms with Gasteiger partial charge < -0.3 is 18.7 Å². The van der Waals surface area contributed by atoms with E-state index >= 15 is 0 Å². The molecule has 3 aromatic carbocycles. The lowest BCUT2D eigenvalue weighted by Crippen LogP contribution is -2.11. The van der Waals surface area contributed by atoms with E-state index in [1.54, 1.807) is 54.6 Å². The van der Waals surface area contributed by atoms with E-state index in [-0.39, 0.29) is 23.6 Å². The Morgan fingerprint density at radius 1 is 1.00 bits per heavy atom. The van der Waals surface area contributed by atoms with Crippen molar-refractivity contribution in [1.82, 2.24) is 5.16 Å². The number of aromatic nitrogens is 1. The van der Waals surface area contributed by atoms with Crippen LogP contribution in [0.15, 0.2) is 65.2 Å². The molecule has 1 aromatic heterocycles. The minimum absolute atomic E-state index is 0.181. The normalized spacial score (nSPS) is 10.8. The first-order valence-electron chi connectivity index (χ1n) is 9.15. The first-order chi connectivity index (χ1) is 14.6. The molecule has 4 aromatic rings. The lowest BCUT2D eigenvalue weighted by molar-refractivity contribution is 0.0727. The van der Waals surface area contributed by atoms with Crippen molar-refractivity contribution < 1.29 is 27.9 Å². The predicted molar refractivity (Wildman–Crippen MR) is 108 cm³/mol. The van der Waals surface area contributed by atoms with Crippen LogP contribution >= 0.6 is 0 Å². The Labute approximate surface area is 171 Å². The summed E-state index contributed by atoms with van der Waals surface area (Å²) in [5.41, 5.74) is 1.73. The van der Waals surface area contributed by atoms with Gasteiger partial charge in [0, 0.05) is 17.9 Å². The third kappa shape index (κ3) is 3.69. The van der Waals surface area contributed by atoms with Crippen LogP contribution in [-0.2, 0) is 6.42 Å². The first kappa shape index (κ1) is 19.4. The van der Waals surface area contributed by atoms with Gasteiger partial charge in [-0.05, 0) is 35.9 Å². The number of hydrogen-bond acceptors (Lipinski definition) is 6. The zero-order chi connectivity index (χ0) is 21.1. The SMILES string of the molecule is COc1cccc(OC)c1C(=O)Oc1ccc2c(Cc3ccccc3F)noc2c1. The van der Waals surface area contributed by atoms with Gasteiger partial charge in [0.2, 0.25) is 0 Å². The Hall–Kier alpha value is -3.87. The molecule has 0 fully saturated rings. The van der Waals surface area contributed by atoms with Crippen LogP contribution in [0.2, 0.25) is 0 Å². The molecule has 30 heavy (non-hydrogen) atoms. The second kappa shape index (κ2) is 8.24. The second-order valence-corrected chi connectivity index (χ2v) is 6.48. The summed E-state index contributed by atoms with van der Waals surface area (Å²) in [5, 5.41) is 4.76. The molecule has 0 N–H and O–H groups in total. The van der Waals surface area contributed by atoms with E-state index in [2.05, 4.69) is 5.16 Å². The molecule has 0 amide bonds. The third-order valence-corrected chi connectivity index (χ3v) is 4.68. The van der Waals surface area contributed by atoms with Gasteiger partial charge in [-0.3, -0.25) is 0 Å². The van der Waals surface area contributed by atoms with Gasteiger partial charge in [0.1, 0.15) is 28.6 Å². The zero-order valence-corrected chi connectivity index (χ0v) is 16.3. The van der Waals surface area contributed by atoms with Crippen molar-refractivity contribution in [2.75, 3.05) is 14.2 Å². The van der Waals surface area contributed by atoms with Crippen molar-refractivity contribution in [3.8, 4) is 17.2 Å². The number of esters is 1. The van der Waals surface area contributed by atoms with Crippen LogP contribution < -0.4 is 14.2 Å². The average Bonchev–Trinajstić information content (AvgIpc) is 3.16. The number of hydrogen-bond donors (Lipinski definition) is 0. The molecule has 6 nitrogen and oxygen atoms in total. The molecule has 1 heterocycles. The minimum atomic E-state index is -0.630. The van der Waals surface area contributed by atoms with Crippen LogP contribution in [0.25, 0.3) is 11.0 Å². The predicted octanol–water partition coefficient (Wildman–Crippen LogP) is 4.79. The Bertz CT molecular complexity index is 1200. The number of carbonyl (C=O) groups is 1. The fraction of sp³-hybridized carbons (Fsp3) is 0.130. The van der Waals surface area contributed by atoms with E-state index in [0.29, 0.717) is 33.7 Å². The molecule has 0 bridgehead atoms. The van der Waals surface area contributed by atoms with Crippen LogP contribution in [0.3, 0.4) is 0 Å². The smallest absolute Gasteiger partial charge is 0.351 e. The molecule has 0 radical (unpaired) electrons. The quantitative estimate of drug-likeness (QED) is 0.338. The van der Waals surface area contributed by atoms with Crippen LogP contribution in [0.1, 0.15) is 21.6 Å². The lowest BCUT2D eigenvalue weighted by Gasteiger charge is -2.12. The monoisotopic (exact) mass is 407 g/mol. The molecule has 4 rings (SSSR count). The maximum atomic E-state index is 13.9. The van der Waals surface area contributed by atoms with Gasteiger partial charge in [-0.25, -0.2) is 9.18 Å². The summed E-state index contributed by atoms with van der Waals surface area (Å²) in [4.78, 5) is 12.7. The molecule has 0 unspecified atom stereocenters. The standard InChI is InChI=1S/C23H18FNO5/c1-27-19-8-5-9-20(28-2)22(19)23(26)29-15-10-11-16-18(25-30-21(16)13-15)12-14-6-3-4-7-17(14)24/h3-11,13H,12H2,1-2H3. The summed E-state index contributed by atoms with van der Waals surface area (Å²) in [6, 6.07) is 16.4. The largest absolute Gasteiger partial charge is 0.496 e. The summed E-state index contributed by atoms with van der Waals surface area (Å²) in [7, 11) is 2.92. The molecular formula is C23H18FNO5. The Morgan fingerprint density at radius 2 is 1.73 bits per heavy atom. The number of rotatable bonds is 6. The molecule has 0 aliphatic carbocycles. The lowest BCUT2D eigenvalue weighted by atomic mass is 10.1. The van der Waals surface area contributed by atoms with Gasteiger partial charge in [-0.2, -0.15) is 0 Å². The van der Waals surface area contributed by atoms with Gasteiger partial charge in [0.15, 0.2) is 5.58 Å². The number of ether oxygens (including phenoxy) is 3. The summed E-state index contributed by atoms with van der Waals surface area (Å²) >= 11 is 0. The molecule has 0 saturated carbocycles. The van der Waals surface area contributed by atoms with Crippen molar-refractivity contribution in [2.45, 2.75) is 6.42 Å². The van der Waals surface area contributed by atoms with Crippen LogP contribution in [0, 0.1) is 5.82 Å².